The highest BCUT2D eigenvalue weighted by Gasteiger charge is 2.28. The van der Waals surface area contributed by atoms with E-state index in [1.54, 1.807) is 12.1 Å². The van der Waals surface area contributed by atoms with Crippen LogP contribution < -0.4 is 4.90 Å². The summed E-state index contributed by atoms with van der Waals surface area (Å²) < 4.78 is 7.64. The van der Waals surface area contributed by atoms with Crippen molar-refractivity contribution in [3.05, 3.63) is 65.7 Å². The number of pyridine rings is 1. The van der Waals surface area contributed by atoms with Crippen molar-refractivity contribution in [1.29, 1.82) is 0 Å². The van der Waals surface area contributed by atoms with E-state index in [0.717, 1.165) is 59.2 Å². The maximum Gasteiger partial charge on any atom is 0.255 e. The number of hydrogen-bond donors (Lipinski definition) is 1. The molecule has 1 aromatic carbocycles. The summed E-state index contributed by atoms with van der Waals surface area (Å²) in [5, 5.41) is 7.24. The molecule has 198 valence electrons. The second-order valence-electron chi connectivity index (χ2n) is 9.97. The van der Waals surface area contributed by atoms with Crippen molar-refractivity contribution in [2.45, 2.75) is 18.9 Å². The number of likely N-dealkylation sites (tertiary alicyclic amines) is 1. The number of anilines is 1. The first-order chi connectivity index (χ1) is 19.1. The summed E-state index contributed by atoms with van der Waals surface area (Å²) in [6.45, 7) is 4.14. The lowest BCUT2D eigenvalue weighted by molar-refractivity contribution is 0.0691. The fraction of sp³-hybridized carbons (Fsp3) is 0.321. The van der Waals surface area contributed by atoms with Gasteiger partial charge in [-0.05, 0) is 49.2 Å². The van der Waals surface area contributed by atoms with E-state index in [1.807, 2.05) is 22.0 Å². The lowest BCUT2D eigenvalue weighted by Crippen LogP contribution is -2.39. The van der Waals surface area contributed by atoms with Gasteiger partial charge in [0, 0.05) is 55.0 Å². The number of nitrogens with zero attached hydrogens (tertiary/aromatic N) is 7. The maximum atomic E-state index is 13.0. The summed E-state index contributed by atoms with van der Waals surface area (Å²) in [5.74, 6) is 1.54. The predicted octanol–water partition coefficient (Wildman–Crippen LogP) is 4.34. The van der Waals surface area contributed by atoms with Crippen LogP contribution in [0, 0.1) is 0 Å². The first-order valence-corrected chi connectivity index (χ1v) is 13.6. The van der Waals surface area contributed by atoms with Crippen LogP contribution in [0.15, 0.2) is 55.0 Å². The Hall–Kier alpha value is -4.02. The van der Waals surface area contributed by atoms with Crippen molar-refractivity contribution in [3.8, 4) is 11.4 Å². The van der Waals surface area contributed by atoms with Gasteiger partial charge in [0.15, 0.2) is 11.5 Å². The highest BCUT2D eigenvalue weighted by atomic mass is 35.5. The van der Waals surface area contributed by atoms with Crippen LogP contribution in [-0.4, -0.2) is 79.9 Å². The number of halogens is 1. The number of piperidine rings is 1. The summed E-state index contributed by atoms with van der Waals surface area (Å²) in [4.78, 5) is 34.5. The average Bonchev–Trinajstić information content (AvgIpc) is 3.64. The lowest BCUT2D eigenvalue weighted by atomic mass is 10.0. The monoisotopic (exact) mass is 542 g/mol. The fourth-order valence-electron chi connectivity index (χ4n) is 5.51. The first kappa shape index (κ1) is 24.1. The predicted molar refractivity (Wildman–Crippen MR) is 149 cm³/mol. The number of aromatic nitrogens is 6. The van der Waals surface area contributed by atoms with E-state index >= 15 is 0 Å². The van der Waals surface area contributed by atoms with Gasteiger partial charge in [0.25, 0.3) is 5.91 Å². The van der Waals surface area contributed by atoms with Gasteiger partial charge in [-0.15, -0.1) is 0 Å². The summed E-state index contributed by atoms with van der Waals surface area (Å²) in [6, 6.07) is 11.8. The minimum Gasteiger partial charge on any atom is -0.378 e. The molecule has 0 atom stereocenters. The Morgan fingerprint density at radius 2 is 1.85 bits per heavy atom. The molecule has 2 fully saturated rings. The molecule has 7 rings (SSSR count). The highest BCUT2D eigenvalue weighted by Crippen LogP contribution is 2.33. The van der Waals surface area contributed by atoms with E-state index in [9.17, 15) is 4.79 Å². The number of amides is 1. The lowest BCUT2D eigenvalue weighted by Gasteiger charge is -2.32. The number of aromatic amines is 1. The molecular weight excluding hydrogens is 516 g/mol. The Morgan fingerprint density at radius 1 is 1.00 bits per heavy atom. The zero-order valence-electron chi connectivity index (χ0n) is 21.3. The van der Waals surface area contributed by atoms with E-state index in [4.69, 9.17) is 31.4 Å². The fourth-order valence-corrected chi connectivity index (χ4v) is 5.63. The number of hydrogen-bond acceptors (Lipinski definition) is 7. The quantitative estimate of drug-likeness (QED) is 0.337. The molecule has 0 unspecified atom stereocenters. The van der Waals surface area contributed by atoms with Gasteiger partial charge < -0.3 is 19.5 Å². The molecule has 2 aliphatic heterocycles. The van der Waals surface area contributed by atoms with Crippen molar-refractivity contribution >= 4 is 45.3 Å². The van der Waals surface area contributed by atoms with Gasteiger partial charge in [0.05, 0.1) is 36.4 Å². The molecular formula is C28H27ClN8O2. The highest BCUT2D eigenvalue weighted by molar-refractivity contribution is 6.29. The largest absolute Gasteiger partial charge is 0.378 e. The van der Waals surface area contributed by atoms with Crippen molar-refractivity contribution in [2.75, 3.05) is 44.3 Å². The molecule has 11 heteroatoms. The number of rotatable bonds is 4. The number of benzene rings is 1. The molecule has 2 saturated heterocycles. The summed E-state index contributed by atoms with van der Waals surface area (Å²) in [6.07, 6.45) is 6.92. The van der Waals surface area contributed by atoms with Gasteiger partial charge in [-0.1, -0.05) is 11.6 Å². The molecule has 0 saturated carbocycles. The van der Waals surface area contributed by atoms with Gasteiger partial charge in [-0.3, -0.25) is 4.79 Å². The van der Waals surface area contributed by atoms with Crippen molar-refractivity contribution < 1.29 is 9.53 Å². The maximum absolute atomic E-state index is 13.0. The molecule has 39 heavy (non-hydrogen) atoms. The number of nitrogens with one attached hydrogen (secondary N) is 1. The van der Waals surface area contributed by atoms with Crippen LogP contribution in [-0.2, 0) is 4.74 Å². The van der Waals surface area contributed by atoms with Crippen LogP contribution in [0.2, 0.25) is 5.15 Å². The van der Waals surface area contributed by atoms with Crippen LogP contribution >= 0.6 is 11.6 Å². The third kappa shape index (κ3) is 4.49. The van der Waals surface area contributed by atoms with Crippen LogP contribution in [0.4, 0.5) is 5.82 Å². The zero-order chi connectivity index (χ0) is 26.3. The Labute approximate surface area is 229 Å². The molecule has 0 spiro atoms. The third-order valence-electron chi connectivity index (χ3n) is 7.63. The van der Waals surface area contributed by atoms with E-state index < -0.39 is 0 Å². The van der Waals surface area contributed by atoms with Crippen LogP contribution in [0.1, 0.15) is 29.2 Å². The van der Waals surface area contributed by atoms with Gasteiger partial charge in [-0.25, -0.2) is 19.6 Å². The Kier molecular flexibility index (Phi) is 6.13. The van der Waals surface area contributed by atoms with Crippen molar-refractivity contribution in [2.24, 2.45) is 0 Å². The van der Waals surface area contributed by atoms with Gasteiger partial charge >= 0.3 is 0 Å². The zero-order valence-corrected chi connectivity index (χ0v) is 22.0. The van der Waals surface area contributed by atoms with Crippen molar-refractivity contribution in [3.63, 3.8) is 0 Å². The Morgan fingerprint density at radius 3 is 2.64 bits per heavy atom. The molecule has 4 aromatic heterocycles. The standard InChI is InChI=1S/C28H27ClN8O2/c29-24-4-2-20(16-31-24)28(38)36-9-6-21(7-10-36)37-27-22(17-32-37)26(35-11-13-39-14-12-35)33-25(34-27)19-1-3-23-18(15-19)5-8-30-23/h1-5,8,15-17,21,30H,6-7,9-14H2. The average molecular weight is 543 g/mol. The van der Waals surface area contributed by atoms with E-state index in [-0.39, 0.29) is 11.9 Å². The molecule has 0 bridgehead atoms. The summed E-state index contributed by atoms with van der Waals surface area (Å²) in [5.41, 5.74) is 3.41. The van der Waals surface area contributed by atoms with Gasteiger partial charge in [0.2, 0.25) is 0 Å². The second kappa shape index (κ2) is 9.94. The van der Waals surface area contributed by atoms with Gasteiger partial charge in [0.1, 0.15) is 11.0 Å². The number of morpholine rings is 1. The summed E-state index contributed by atoms with van der Waals surface area (Å²) >= 11 is 5.89. The summed E-state index contributed by atoms with van der Waals surface area (Å²) in [7, 11) is 0. The first-order valence-electron chi connectivity index (χ1n) is 13.2. The van der Waals surface area contributed by atoms with E-state index in [1.165, 1.54) is 6.20 Å². The SMILES string of the molecule is O=C(c1ccc(Cl)nc1)N1CCC(n2ncc3c(N4CCOCC4)nc(-c4ccc5[nH]ccc5c4)nc32)CC1. The minimum absolute atomic E-state index is 0.0256. The normalized spacial score (nSPS) is 16.8. The van der Waals surface area contributed by atoms with Crippen LogP contribution in [0.3, 0.4) is 0 Å². The molecule has 10 nitrogen and oxygen atoms in total. The topological polar surface area (TPSA) is 105 Å². The van der Waals surface area contributed by atoms with E-state index in [2.05, 4.69) is 39.1 Å². The number of carbonyl (C=O) groups excluding carboxylic acids is 1. The third-order valence-corrected chi connectivity index (χ3v) is 7.85. The second-order valence-corrected chi connectivity index (χ2v) is 10.4. The molecule has 6 heterocycles. The molecule has 0 aliphatic carbocycles. The van der Waals surface area contributed by atoms with Crippen molar-refractivity contribution in [1.82, 2.24) is 34.6 Å². The molecule has 0 radical (unpaired) electrons. The number of fused-ring (bicyclic) bond motifs is 2. The van der Waals surface area contributed by atoms with Crippen LogP contribution in [0.5, 0.6) is 0 Å². The molecule has 5 aromatic rings. The smallest absolute Gasteiger partial charge is 0.255 e. The number of carbonyl (C=O) groups is 1. The number of ether oxygens (including phenoxy) is 1. The molecule has 1 amide bonds. The Balaban J connectivity index is 1.22. The van der Waals surface area contributed by atoms with E-state index in [0.29, 0.717) is 42.8 Å². The molecule has 2 aliphatic rings. The van der Waals surface area contributed by atoms with Crippen LogP contribution in [0.25, 0.3) is 33.3 Å². The number of H-pyrrole nitrogens is 1. The van der Waals surface area contributed by atoms with Gasteiger partial charge in [-0.2, -0.15) is 5.10 Å². The minimum atomic E-state index is -0.0256. The Bertz CT molecular complexity index is 1650. The molecule has 1 N–H and O–H groups in total.